The lowest BCUT2D eigenvalue weighted by molar-refractivity contribution is 0.101. The van der Waals surface area contributed by atoms with Crippen LogP contribution in [-0.2, 0) is 13.0 Å². The minimum atomic E-state index is 0.0750. The first-order valence-corrected chi connectivity index (χ1v) is 6.78. The summed E-state index contributed by atoms with van der Waals surface area (Å²) in [5.41, 5.74) is 4.02. The Labute approximate surface area is 118 Å². The van der Waals surface area contributed by atoms with Gasteiger partial charge in [0.25, 0.3) is 0 Å². The number of likely N-dealkylation sites (N-methyl/N-ethyl adjacent to an activating group) is 1. The van der Waals surface area contributed by atoms with E-state index in [4.69, 9.17) is 0 Å². The molecule has 0 unspecified atom stereocenters. The van der Waals surface area contributed by atoms with Crippen molar-refractivity contribution in [2.75, 3.05) is 13.6 Å². The second kappa shape index (κ2) is 5.13. The molecule has 1 aliphatic rings. The van der Waals surface area contributed by atoms with Gasteiger partial charge in [-0.25, -0.2) is 9.97 Å². The van der Waals surface area contributed by atoms with Gasteiger partial charge in [-0.1, -0.05) is 24.3 Å². The fraction of sp³-hybridized carbons (Fsp3) is 0.312. The van der Waals surface area contributed by atoms with Gasteiger partial charge < -0.3 is 4.90 Å². The SMILES string of the molecule is CC(=O)c1ccc(-c2ncc3c(n2)CCN(C)C3)cc1. The van der Waals surface area contributed by atoms with Crippen LogP contribution < -0.4 is 0 Å². The van der Waals surface area contributed by atoms with E-state index in [2.05, 4.69) is 21.9 Å². The second-order valence-electron chi connectivity index (χ2n) is 5.29. The summed E-state index contributed by atoms with van der Waals surface area (Å²) in [4.78, 5) is 22.7. The predicted octanol–water partition coefficient (Wildman–Crippen LogP) is 2.33. The minimum absolute atomic E-state index is 0.0750. The molecule has 4 heteroatoms. The molecule has 4 nitrogen and oxygen atoms in total. The third-order valence-corrected chi connectivity index (χ3v) is 3.67. The Bertz CT molecular complexity index is 649. The number of carbonyl (C=O) groups is 1. The van der Waals surface area contributed by atoms with Crippen LogP contribution in [-0.4, -0.2) is 34.2 Å². The molecule has 2 aromatic rings. The summed E-state index contributed by atoms with van der Waals surface area (Å²) in [5, 5.41) is 0. The van der Waals surface area contributed by atoms with Crippen LogP contribution in [0, 0.1) is 0 Å². The van der Waals surface area contributed by atoms with Crippen molar-refractivity contribution in [3.8, 4) is 11.4 Å². The van der Waals surface area contributed by atoms with Crippen molar-refractivity contribution in [3.63, 3.8) is 0 Å². The van der Waals surface area contributed by atoms with Crippen molar-refractivity contribution in [2.24, 2.45) is 0 Å². The smallest absolute Gasteiger partial charge is 0.159 e. The molecule has 2 heterocycles. The summed E-state index contributed by atoms with van der Waals surface area (Å²) in [6.45, 7) is 3.52. The predicted molar refractivity (Wildman–Crippen MR) is 77.5 cm³/mol. The average molecular weight is 267 g/mol. The van der Waals surface area contributed by atoms with Gasteiger partial charge in [-0.15, -0.1) is 0 Å². The summed E-state index contributed by atoms with van der Waals surface area (Å²) in [6, 6.07) is 7.48. The molecule has 0 fully saturated rings. The Kier molecular flexibility index (Phi) is 3.32. The first-order chi connectivity index (χ1) is 9.63. The third kappa shape index (κ3) is 2.47. The highest BCUT2D eigenvalue weighted by molar-refractivity contribution is 5.94. The summed E-state index contributed by atoms with van der Waals surface area (Å²) < 4.78 is 0. The van der Waals surface area contributed by atoms with Gasteiger partial charge in [0.15, 0.2) is 11.6 Å². The zero-order valence-electron chi connectivity index (χ0n) is 11.8. The van der Waals surface area contributed by atoms with E-state index in [0.717, 1.165) is 36.6 Å². The van der Waals surface area contributed by atoms with Gasteiger partial charge in [-0.05, 0) is 14.0 Å². The molecule has 0 saturated carbocycles. The van der Waals surface area contributed by atoms with E-state index in [-0.39, 0.29) is 5.78 Å². The van der Waals surface area contributed by atoms with E-state index in [9.17, 15) is 4.79 Å². The van der Waals surface area contributed by atoms with E-state index in [1.54, 1.807) is 6.92 Å². The first-order valence-electron chi connectivity index (χ1n) is 6.78. The molecule has 102 valence electrons. The summed E-state index contributed by atoms with van der Waals surface area (Å²) in [7, 11) is 2.11. The van der Waals surface area contributed by atoms with Crippen LogP contribution in [0.4, 0.5) is 0 Å². The van der Waals surface area contributed by atoms with Crippen LogP contribution in [0.25, 0.3) is 11.4 Å². The Hall–Kier alpha value is -2.07. The molecule has 0 amide bonds. The van der Waals surface area contributed by atoms with Crippen molar-refractivity contribution in [1.29, 1.82) is 0 Å². The molecule has 1 aromatic heterocycles. The number of carbonyl (C=O) groups excluding carboxylic acids is 1. The lowest BCUT2D eigenvalue weighted by atomic mass is 10.1. The molecule has 3 rings (SSSR count). The fourth-order valence-corrected chi connectivity index (χ4v) is 2.45. The maximum Gasteiger partial charge on any atom is 0.159 e. The molecule has 1 aliphatic heterocycles. The van der Waals surface area contributed by atoms with Gasteiger partial charge in [-0.2, -0.15) is 0 Å². The Balaban J connectivity index is 1.93. The molecule has 1 aromatic carbocycles. The highest BCUT2D eigenvalue weighted by Gasteiger charge is 2.16. The van der Waals surface area contributed by atoms with Crippen LogP contribution in [0.15, 0.2) is 30.5 Å². The molecular weight excluding hydrogens is 250 g/mol. The highest BCUT2D eigenvalue weighted by Crippen LogP contribution is 2.20. The van der Waals surface area contributed by atoms with Gasteiger partial charge in [0.2, 0.25) is 0 Å². The summed E-state index contributed by atoms with van der Waals surface area (Å²) in [5.74, 6) is 0.814. The lowest BCUT2D eigenvalue weighted by Gasteiger charge is -2.23. The van der Waals surface area contributed by atoms with E-state index in [1.807, 2.05) is 30.5 Å². The van der Waals surface area contributed by atoms with Gasteiger partial charge >= 0.3 is 0 Å². The number of hydrogen-bond acceptors (Lipinski definition) is 4. The van der Waals surface area contributed by atoms with Crippen LogP contribution in [0.2, 0.25) is 0 Å². The number of Topliss-reactive ketones (excluding diaryl/α,β-unsaturated/α-hetero) is 1. The van der Waals surface area contributed by atoms with Crippen LogP contribution in [0.3, 0.4) is 0 Å². The second-order valence-corrected chi connectivity index (χ2v) is 5.29. The largest absolute Gasteiger partial charge is 0.302 e. The van der Waals surface area contributed by atoms with Crippen molar-refractivity contribution in [1.82, 2.24) is 14.9 Å². The minimum Gasteiger partial charge on any atom is -0.302 e. The fourth-order valence-electron chi connectivity index (χ4n) is 2.45. The number of ketones is 1. The number of hydrogen-bond donors (Lipinski definition) is 0. The molecule has 20 heavy (non-hydrogen) atoms. The van der Waals surface area contributed by atoms with E-state index < -0.39 is 0 Å². The van der Waals surface area contributed by atoms with Crippen molar-refractivity contribution in [2.45, 2.75) is 19.9 Å². The lowest BCUT2D eigenvalue weighted by Crippen LogP contribution is -2.27. The standard InChI is InChI=1S/C16H17N3O/c1-11(20)12-3-5-13(6-4-12)16-17-9-14-10-19(2)8-7-15(14)18-16/h3-6,9H,7-8,10H2,1-2H3. The van der Waals surface area contributed by atoms with Crippen LogP contribution in [0.5, 0.6) is 0 Å². The van der Waals surface area contributed by atoms with Crippen molar-refractivity contribution in [3.05, 3.63) is 47.3 Å². The van der Waals surface area contributed by atoms with Gasteiger partial charge in [-0.3, -0.25) is 4.79 Å². The number of benzene rings is 1. The average Bonchev–Trinajstić information content (AvgIpc) is 2.47. The summed E-state index contributed by atoms with van der Waals surface area (Å²) in [6.07, 6.45) is 2.89. The van der Waals surface area contributed by atoms with Gasteiger partial charge in [0.1, 0.15) is 0 Å². The molecule has 0 aliphatic carbocycles. The zero-order chi connectivity index (χ0) is 14.1. The molecule has 0 N–H and O–H groups in total. The van der Waals surface area contributed by atoms with E-state index >= 15 is 0 Å². The van der Waals surface area contributed by atoms with Crippen molar-refractivity contribution >= 4 is 5.78 Å². The molecule has 0 saturated heterocycles. The van der Waals surface area contributed by atoms with Gasteiger partial charge in [0.05, 0.1) is 5.69 Å². The quantitative estimate of drug-likeness (QED) is 0.783. The molecule has 0 spiro atoms. The maximum atomic E-state index is 11.3. The van der Waals surface area contributed by atoms with Crippen LogP contribution >= 0.6 is 0 Å². The number of fused-ring (bicyclic) bond motifs is 1. The number of nitrogens with zero attached hydrogens (tertiary/aromatic N) is 3. The number of rotatable bonds is 2. The molecule has 0 atom stereocenters. The summed E-state index contributed by atoms with van der Waals surface area (Å²) >= 11 is 0. The third-order valence-electron chi connectivity index (χ3n) is 3.67. The Morgan fingerprint density at radius 3 is 2.70 bits per heavy atom. The van der Waals surface area contributed by atoms with Crippen LogP contribution in [0.1, 0.15) is 28.5 Å². The monoisotopic (exact) mass is 267 g/mol. The Morgan fingerprint density at radius 2 is 2.00 bits per heavy atom. The maximum absolute atomic E-state index is 11.3. The van der Waals surface area contributed by atoms with Gasteiger partial charge in [0, 0.05) is 42.4 Å². The molecular formula is C16H17N3O. The normalized spacial score (nSPS) is 14.9. The first kappa shape index (κ1) is 12.9. The zero-order valence-corrected chi connectivity index (χ0v) is 11.8. The molecule has 0 radical (unpaired) electrons. The van der Waals surface area contributed by atoms with E-state index in [1.165, 1.54) is 5.56 Å². The topological polar surface area (TPSA) is 46.1 Å². The number of aromatic nitrogens is 2. The van der Waals surface area contributed by atoms with E-state index in [0.29, 0.717) is 5.56 Å². The van der Waals surface area contributed by atoms with Crippen molar-refractivity contribution < 1.29 is 4.79 Å². The Morgan fingerprint density at radius 1 is 1.25 bits per heavy atom. The molecule has 0 bridgehead atoms. The highest BCUT2D eigenvalue weighted by atomic mass is 16.1.